The number of ether oxygens (including phenoxy) is 1. The van der Waals surface area contributed by atoms with Crippen LogP contribution in [-0.2, 0) is 6.54 Å². The molecule has 0 spiro atoms. The lowest BCUT2D eigenvalue weighted by molar-refractivity contribution is 0.00687. The number of benzene rings is 1. The number of rotatable bonds is 5. The topological polar surface area (TPSA) is 41.5 Å². The van der Waals surface area contributed by atoms with Gasteiger partial charge in [-0.05, 0) is 43.5 Å². The number of aliphatic hydroxyl groups is 1. The third kappa shape index (κ3) is 3.72. The van der Waals surface area contributed by atoms with Gasteiger partial charge in [0.25, 0.3) is 0 Å². The monoisotopic (exact) mass is 249 g/mol. The summed E-state index contributed by atoms with van der Waals surface area (Å²) >= 11 is 0. The maximum atomic E-state index is 9.87. The Morgan fingerprint density at radius 3 is 2.61 bits per heavy atom. The van der Waals surface area contributed by atoms with Crippen LogP contribution in [-0.4, -0.2) is 23.9 Å². The summed E-state index contributed by atoms with van der Waals surface area (Å²) in [6.45, 7) is 3.97. The highest BCUT2D eigenvalue weighted by molar-refractivity contribution is 5.27. The van der Waals surface area contributed by atoms with E-state index < -0.39 is 0 Å². The van der Waals surface area contributed by atoms with E-state index in [0.29, 0.717) is 0 Å². The van der Waals surface area contributed by atoms with Gasteiger partial charge in [0.1, 0.15) is 11.9 Å². The van der Waals surface area contributed by atoms with E-state index in [4.69, 9.17) is 4.74 Å². The highest BCUT2D eigenvalue weighted by Crippen LogP contribution is 2.24. The minimum absolute atomic E-state index is 0.0293. The van der Waals surface area contributed by atoms with Crippen molar-refractivity contribution in [1.29, 1.82) is 0 Å². The molecule has 1 aromatic carbocycles. The fourth-order valence-electron chi connectivity index (χ4n) is 2.34. The fourth-order valence-corrected chi connectivity index (χ4v) is 2.34. The zero-order valence-corrected chi connectivity index (χ0v) is 11.1. The minimum atomic E-state index is -0.305. The van der Waals surface area contributed by atoms with E-state index in [1.54, 1.807) is 0 Å². The first-order valence-electron chi connectivity index (χ1n) is 6.94. The van der Waals surface area contributed by atoms with Crippen LogP contribution >= 0.6 is 0 Å². The Labute approximate surface area is 109 Å². The Hall–Kier alpha value is -1.06. The van der Waals surface area contributed by atoms with Crippen LogP contribution in [0.3, 0.4) is 0 Å². The highest BCUT2D eigenvalue weighted by Gasteiger charge is 2.24. The SMILES string of the molecule is CCNCc1ccc(OC2CCCCC2O)cc1. The standard InChI is InChI=1S/C15H23NO2/c1-2-16-11-12-7-9-13(10-8-12)18-15-6-4-3-5-14(15)17/h7-10,14-17H,2-6,11H2,1H3. The third-order valence-electron chi connectivity index (χ3n) is 3.46. The van der Waals surface area contributed by atoms with E-state index in [9.17, 15) is 5.11 Å². The quantitative estimate of drug-likeness (QED) is 0.842. The summed E-state index contributed by atoms with van der Waals surface area (Å²) in [5, 5.41) is 13.2. The van der Waals surface area contributed by atoms with E-state index >= 15 is 0 Å². The molecule has 1 aliphatic rings. The van der Waals surface area contributed by atoms with Gasteiger partial charge in [-0.3, -0.25) is 0 Å². The zero-order valence-electron chi connectivity index (χ0n) is 11.1. The maximum Gasteiger partial charge on any atom is 0.124 e. The second-order valence-corrected chi connectivity index (χ2v) is 4.93. The van der Waals surface area contributed by atoms with E-state index in [2.05, 4.69) is 24.4 Å². The molecule has 1 fully saturated rings. The molecular formula is C15H23NO2. The second-order valence-electron chi connectivity index (χ2n) is 4.93. The van der Waals surface area contributed by atoms with Crippen LogP contribution in [0.4, 0.5) is 0 Å². The van der Waals surface area contributed by atoms with Crippen molar-refractivity contribution in [2.45, 2.75) is 51.4 Å². The van der Waals surface area contributed by atoms with Crippen molar-refractivity contribution >= 4 is 0 Å². The lowest BCUT2D eigenvalue weighted by Gasteiger charge is -2.28. The molecule has 2 atom stereocenters. The molecule has 0 heterocycles. The van der Waals surface area contributed by atoms with Gasteiger partial charge < -0.3 is 15.2 Å². The Bertz CT molecular complexity index is 350. The molecule has 100 valence electrons. The molecule has 0 aliphatic heterocycles. The van der Waals surface area contributed by atoms with Gasteiger partial charge in [-0.2, -0.15) is 0 Å². The molecule has 1 aliphatic carbocycles. The van der Waals surface area contributed by atoms with Crippen LogP contribution < -0.4 is 10.1 Å². The molecule has 0 amide bonds. The molecule has 0 bridgehead atoms. The van der Waals surface area contributed by atoms with Crippen LogP contribution in [0.2, 0.25) is 0 Å². The zero-order chi connectivity index (χ0) is 12.8. The number of hydrogen-bond donors (Lipinski definition) is 2. The highest BCUT2D eigenvalue weighted by atomic mass is 16.5. The van der Waals surface area contributed by atoms with E-state index in [-0.39, 0.29) is 12.2 Å². The predicted molar refractivity (Wildman–Crippen MR) is 72.7 cm³/mol. The molecular weight excluding hydrogens is 226 g/mol. The first-order valence-corrected chi connectivity index (χ1v) is 6.94. The normalized spacial score (nSPS) is 23.9. The van der Waals surface area contributed by atoms with Gasteiger partial charge in [0.2, 0.25) is 0 Å². The van der Waals surface area contributed by atoms with Gasteiger partial charge in [0, 0.05) is 6.54 Å². The average Bonchev–Trinajstić information content (AvgIpc) is 2.41. The lowest BCUT2D eigenvalue weighted by atomic mass is 9.95. The molecule has 1 saturated carbocycles. The van der Waals surface area contributed by atoms with Crippen molar-refractivity contribution < 1.29 is 9.84 Å². The van der Waals surface area contributed by atoms with Gasteiger partial charge >= 0.3 is 0 Å². The second kappa shape index (κ2) is 6.76. The van der Waals surface area contributed by atoms with Crippen molar-refractivity contribution in [1.82, 2.24) is 5.32 Å². The molecule has 2 rings (SSSR count). The largest absolute Gasteiger partial charge is 0.488 e. The summed E-state index contributed by atoms with van der Waals surface area (Å²) in [7, 11) is 0. The molecule has 0 aromatic heterocycles. The van der Waals surface area contributed by atoms with Crippen LogP contribution in [0.25, 0.3) is 0 Å². The predicted octanol–water partition coefficient (Wildman–Crippen LogP) is 2.48. The lowest BCUT2D eigenvalue weighted by Crippen LogP contribution is -2.34. The van der Waals surface area contributed by atoms with Gasteiger partial charge in [-0.15, -0.1) is 0 Å². The summed E-state index contributed by atoms with van der Waals surface area (Å²) < 4.78 is 5.86. The Kier molecular flexibility index (Phi) is 5.02. The van der Waals surface area contributed by atoms with E-state index in [1.165, 1.54) is 5.56 Å². The number of hydrogen-bond acceptors (Lipinski definition) is 3. The van der Waals surface area contributed by atoms with Gasteiger partial charge in [0.05, 0.1) is 6.10 Å². The van der Waals surface area contributed by atoms with E-state index in [0.717, 1.165) is 44.5 Å². The summed E-state index contributed by atoms with van der Waals surface area (Å²) in [6, 6.07) is 8.14. The van der Waals surface area contributed by atoms with Crippen molar-refractivity contribution in [3.63, 3.8) is 0 Å². The molecule has 0 radical (unpaired) electrons. The van der Waals surface area contributed by atoms with Crippen LogP contribution in [0.15, 0.2) is 24.3 Å². The van der Waals surface area contributed by atoms with Crippen LogP contribution in [0.1, 0.15) is 38.2 Å². The van der Waals surface area contributed by atoms with Gasteiger partial charge in [0.15, 0.2) is 0 Å². The number of aliphatic hydroxyl groups excluding tert-OH is 1. The van der Waals surface area contributed by atoms with Gasteiger partial charge in [-0.25, -0.2) is 0 Å². The van der Waals surface area contributed by atoms with Crippen molar-refractivity contribution in [3.05, 3.63) is 29.8 Å². The molecule has 0 saturated heterocycles. The third-order valence-corrected chi connectivity index (χ3v) is 3.46. The Morgan fingerprint density at radius 1 is 1.22 bits per heavy atom. The van der Waals surface area contributed by atoms with Crippen molar-refractivity contribution in [2.24, 2.45) is 0 Å². The summed E-state index contributed by atoms with van der Waals surface area (Å²) in [5.41, 5.74) is 1.26. The smallest absolute Gasteiger partial charge is 0.124 e. The molecule has 1 aromatic rings. The van der Waals surface area contributed by atoms with Crippen molar-refractivity contribution in [3.8, 4) is 5.75 Å². The average molecular weight is 249 g/mol. The maximum absolute atomic E-state index is 9.87. The first-order chi connectivity index (χ1) is 8.79. The molecule has 3 nitrogen and oxygen atoms in total. The van der Waals surface area contributed by atoms with Gasteiger partial charge in [-0.1, -0.05) is 25.5 Å². The minimum Gasteiger partial charge on any atom is -0.488 e. The van der Waals surface area contributed by atoms with Crippen LogP contribution in [0.5, 0.6) is 5.75 Å². The van der Waals surface area contributed by atoms with Crippen molar-refractivity contribution in [2.75, 3.05) is 6.54 Å². The fraction of sp³-hybridized carbons (Fsp3) is 0.600. The Balaban J connectivity index is 1.89. The Morgan fingerprint density at radius 2 is 1.94 bits per heavy atom. The molecule has 2 N–H and O–H groups in total. The van der Waals surface area contributed by atoms with Crippen LogP contribution in [0, 0.1) is 0 Å². The van der Waals surface area contributed by atoms with E-state index in [1.807, 2.05) is 12.1 Å². The molecule has 3 heteroatoms. The molecule has 18 heavy (non-hydrogen) atoms. The summed E-state index contributed by atoms with van der Waals surface area (Å²) in [6.07, 6.45) is 3.75. The first kappa shape index (κ1) is 13.4. The summed E-state index contributed by atoms with van der Waals surface area (Å²) in [4.78, 5) is 0. The molecule has 2 unspecified atom stereocenters. The number of nitrogens with one attached hydrogen (secondary N) is 1. The summed E-state index contributed by atoms with van der Waals surface area (Å²) in [5.74, 6) is 0.862.